The first-order valence-corrected chi connectivity index (χ1v) is 7.19. The average Bonchev–Trinajstić information content (AvgIpc) is 2.89. The lowest BCUT2D eigenvalue weighted by Gasteiger charge is -2.00. The fourth-order valence-corrected chi connectivity index (χ4v) is 2.41. The standard InChI is InChI=1S/C14H17NO2S/c1-2-14(18-7-1)10-16-9-13-6-5-12(17-13)8-15-11-3-4-11/h1-2,5-7,11,15H,3-4,8-10H2. The molecule has 0 unspecified atom stereocenters. The normalized spacial score (nSPS) is 15.1. The number of hydrogen-bond acceptors (Lipinski definition) is 4. The summed E-state index contributed by atoms with van der Waals surface area (Å²) in [5.74, 6) is 1.90. The van der Waals surface area contributed by atoms with E-state index in [1.165, 1.54) is 17.7 Å². The molecule has 1 N–H and O–H groups in total. The largest absolute Gasteiger partial charge is 0.462 e. The minimum atomic E-state index is 0.543. The van der Waals surface area contributed by atoms with Crippen molar-refractivity contribution < 1.29 is 9.15 Å². The van der Waals surface area contributed by atoms with E-state index in [-0.39, 0.29) is 0 Å². The van der Waals surface area contributed by atoms with Gasteiger partial charge in [0, 0.05) is 10.9 Å². The third kappa shape index (κ3) is 3.45. The molecule has 0 aromatic carbocycles. The minimum absolute atomic E-state index is 0.543. The first-order chi connectivity index (χ1) is 8.90. The van der Waals surface area contributed by atoms with Gasteiger partial charge in [-0.2, -0.15) is 0 Å². The summed E-state index contributed by atoms with van der Waals surface area (Å²) in [5, 5.41) is 5.49. The Hall–Kier alpha value is -1.10. The maximum atomic E-state index is 5.70. The van der Waals surface area contributed by atoms with Gasteiger partial charge >= 0.3 is 0 Å². The molecule has 0 spiro atoms. The topological polar surface area (TPSA) is 34.4 Å². The lowest BCUT2D eigenvalue weighted by Crippen LogP contribution is -2.14. The molecule has 4 heteroatoms. The van der Waals surface area contributed by atoms with Crippen molar-refractivity contribution in [3.8, 4) is 0 Å². The number of rotatable bonds is 7. The fourth-order valence-electron chi connectivity index (χ4n) is 1.77. The summed E-state index contributed by atoms with van der Waals surface area (Å²) < 4.78 is 11.3. The van der Waals surface area contributed by atoms with Crippen LogP contribution in [-0.4, -0.2) is 6.04 Å². The zero-order chi connectivity index (χ0) is 12.2. The summed E-state index contributed by atoms with van der Waals surface area (Å²) in [7, 11) is 0. The van der Waals surface area contributed by atoms with E-state index in [1.54, 1.807) is 11.3 Å². The van der Waals surface area contributed by atoms with Crippen molar-refractivity contribution in [2.45, 2.75) is 38.6 Å². The molecule has 0 aliphatic heterocycles. The second-order valence-electron chi connectivity index (χ2n) is 4.60. The predicted octanol–water partition coefficient (Wildman–Crippen LogP) is 3.31. The number of ether oxygens (including phenoxy) is 1. The van der Waals surface area contributed by atoms with E-state index >= 15 is 0 Å². The van der Waals surface area contributed by atoms with Gasteiger partial charge in [0.1, 0.15) is 18.1 Å². The predicted molar refractivity (Wildman–Crippen MR) is 71.4 cm³/mol. The van der Waals surface area contributed by atoms with E-state index in [0.717, 1.165) is 18.1 Å². The number of thiophene rings is 1. The molecule has 0 saturated heterocycles. The van der Waals surface area contributed by atoms with Gasteiger partial charge in [0.2, 0.25) is 0 Å². The second-order valence-corrected chi connectivity index (χ2v) is 5.63. The molecule has 0 atom stereocenters. The molecule has 2 aromatic heterocycles. The van der Waals surface area contributed by atoms with Gasteiger partial charge in [0.05, 0.1) is 13.2 Å². The number of nitrogens with one attached hydrogen (secondary N) is 1. The first kappa shape index (κ1) is 12.0. The molecule has 1 aliphatic rings. The van der Waals surface area contributed by atoms with Crippen molar-refractivity contribution in [1.82, 2.24) is 5.32 Å². The van der Waals surface area contributed by atoms with Crippen molar-refractivity contribution in [2.75, 3.05) is 0 Å². The maximum absolute atomic E-state index is 5.70. The highest BCUT2D eigenvalue weighted by Gasteiger charge is 2.20. The van der Waals surface area contributed by atoms with E-state index in [0.29, 0.717) is 19.3 Å². The summed E-state index contributed by atoms with van der Waals surface area (Å²) in [5.41, 5.74) is 0. The Morgan fingerprint density at radius 3 is 2.89 bits per heavy atom. The highest BCUT2D eigenvalue weighted by molar-refractivity contribution is 7.09. The van der Waals surface area contributed by atoms with Crippen LogP contribution in [0.2, 0.25) is 0 Å². The third-order valence-electron chi connectivity index (χ3n) is 2.93. The second kappa shape index (κ2) is 5.69. The Kier molecular flexibility index (Phi) is 3.78. The van der Waals surface area contributed by atoms with E-state index in [2.05, 4.69) is 16.8 Å². The smallest absolute Gasteiger partial charge is 0.129 e. The molecular formula is C14H17NO2S. The zero-order valence-corrected chi connectivity index (χ0v) is 11.0. The fraction of sp³-hybridized carbons (Fsp3) is 0.429. The van der Waals surface area contributed by atoms with E-state index < -0.39 is 0 Å². The Bertz CT molecular complexity index is 474. The lowest BCUT2D eigenvalue weighted by molar-refractivity contribution is 0.0938. The van der Waals surface area contributed by atoms with Crippen LogP contribution >= 0.6 is 11.3 Å². The molecule has 0 bridgehead atoms. The molecule has 3 nitrogen and oxygen atoms in total. The van der Waals surface area contributed by atoms with Crippen molar-refractivity contribution in [3.05, 3.63) is 46.0 Å². The molecule has 1 aliphatic carbocycles. The molecule has 1 saturated carbocycles. The molecule has 96 valence electrons. The Morgan fingerprint density at radius 2 is 2.11 bits per heavy atom. The van der Waals surface area contributed by atoms with Gasteiger partial charge in [-0.25, -0.2) is 0 Å². The van der Waals surface area contributed by atoms with Crippen LogP contribution in [0.25, 0.3) is 0 Å². The van der Waals surface area contributed by atoms with E-state index in [4.69, 9.17) is 9.15 Å². The van der Waals surface area contributed by atoms with Crippen LogP contribution in [0.5, 0.6) is 0 Å². The van der Waals surface area contributed by atoms with Gasteiger partial charge in [-0.3, -0.25) is 0 Å². The molecule has 1 fully saturated rings. The SMILES string of the molecule is c1csc(COCc2ccc(CNC3CC3)o2)c1. The molecule has 18 heavy (non-hydrogen) atoms. The minimum Gasteiger partial charge on any atom is -0.462 e. The van der Waals surface area contributed by atoms with Crippen LogP contribution in [0.15, 0.2) is 34.1 Å². The molecule has 2 aromatic rings. The van der Waals surface area contributed by atoms with Crippen LogP contribution in [0, 0.1) is 0 Å². The van der Waals surface area contributed by atoms with Crippen LogP contribution < -0.4 is 5.32 Å². The molecule has 2 heterocycles. The van der Waals surface area contributed by atoms with Crippen molar-refractivity contribution in [2.24, 2.45) is 0 Å². The summed E-state index contributed by atoms with van der Waals surface area (Å²) in [6.07, 6.45) is 2.61. The molecule has 3 rings (SSSR count). The van der Waals surface area contributed by atoms with Gasteiger partial charge in [-0.05, 0) is 36.4 Å². The summed E-state index contributed by atoms with van der Waals surface area (Å²) in [4.78, 5) is 1.25. The zero-order valence-electron chi connectivity index (χ0n) is 10.2. The third-order valence-corrected chi connectivity index (χ3v) is 3.78. The number of furan rings is 1. The highest BCUT2D eigenvalue weighted by Crippen LogP contribution is 2.20. The molecule has 0 amide bonds. The van der Waals surface area contributed by atoms with Crippen LogP contribution in [0.3, 0.4) is 0 Å². The van der Waals surface area contributed by atoms with E-state index in [9.17, 15) is 0 Å². The van der Waals surface area contributed by atoms with E-state index in [1.807, 2.05) is 18.2 Å². The van der Waals surface area contributed by atoms with Crippen molar-refractivity contribution >= 4 is 11.3 Å². The van der Waals surface area contributed by atoms with Crippen LogP contribution in [-0.2, 0) is 24.5 Å². The highest BCUT2D eigenvalue weighted by atomic mass is 32.1. The van der Waals surface area contributed by atoms with Crippen LogP contribution in [0.1, 0.15) is 29.2 Å². The van der Waals surface area contributed by atoms with Crippen molar-refractivity contribution in [1.29, 1.82) is 0 Å². The summed E-state index contributed by atoms with van der Waals surface area (Å²) in [6.45, 7) is 2.03. The van der Waals surface area contributed by atoms with Gasteiger partial charge in [-0.1, -0.05) is 6.07 Å². The van der Waals surface area contributed by atoms with Gasteiger partial charge in [0.15, 0.2) is 0 Å². The Labute approximate surface area is 111 Å². The molecule has 0 radical (unpaired) electrons. The monoisotopic (exact) mass is 263 g/mol. The van der Waals surface area contributed by atoms with Gasteiger partial charge in [0.25, 0.3) is 0 Å². The average molecular weight is 263 g/mol. The number of hydrogen-bond donors (Lipinski definition) is 1. The van der Waals surface area contributed by atoms with Gasteiger partial charge in [-0.15, -0.1) is 11.3 Å². The lowest BCUT2D eigenvalue weighted by atomic mass is 10.4. The Morgan fingerprint density at radius 1 is 1.22 bits per heavy atom. The quantitative estimate of drug-likeness (QED) is 0.832. The summed E-state index contributed by atoms with van der Waals surface area (Å²) >= 11 is 1.72. The van der Waals surface area contributed by atoms with Crippen LogP contribution in [0.4, 0.5) is 0 Å². The molecular weight excluding hydrogens is 246 g/mol. The summed E-state index contributed by atoms with van der Waals surface area (Å²) in [6, 6.07) is 8.86. The van der Waals surface area contributed by atoms with Crippen molar-refractivity contribution in [3.63, 3.8) is 0 Å². The first-order valence-electron chi connectivity index (χ1n) is 6.31. The Balaban J connectivity index is 1.41. The van der Waals surface area contributed by atoms with Gasteiger partial charge < -0.3 is 14.5 Å². The maximum Gasteiger partial charge on any atom is 0.129 e.